The Morgan fingerprint density at radius 2 is 1.70 bits per heavy atom. The van der Waals surface area contributed by atoms with Crippen molar-refractivity contribution in [3.8, 4) is 5.75 Å². The van der Waals surface area contributed by atoms with Crippen molar-refractivity contribution in [2.75, 3.05) is 6.54 Å². The van der Waals surface area contributed by atoms with Crippen LogP contribution in [0.5, 0.6) is 5.75 Å². The van der Waals surface area contributed by atoms with E-state index in [0.29, 0.717) is 50.3 Å². The number of benzene rings is 2. The number of hydrogen-bond acceptors (Lipinski definition) is 5. The number of ether oxygens (including phenoxy) is 1. The zero-order chi connectivity index (χ0) is 36.3. The van der Waals surface area contributed by atoms with Crippen LogP contribution < -0.4 is 20.7 Å². The molecule has 1 aromatic heterocycles. The smallest absolute Gasteiger partial charge is 0.428 e. The van der Waals surface area contributed by atoms with Gasteiger partial charge in [-0.15, -0.1) is 0 Å². The normalized spacial score (nSPS) is 17.4. The molecule has 3 N–H and O–H groups in total. The minimum absolute atomic E-state index is 0.0586. The van der Waals surface area contributed by atoms with Crippen LogP contribution in [0.1, 0.15) is 75.1 Å². The van der Waals surface area contributed by atoms with E-state index in [1.807, 2.05) is 0 Å². The van der Waals surface area contributed by atoms with Crippen molar-refractivity contribution in [2.45, 2.75) is 88.8 Å². The molecule has 3 aromatic rings. The van der Waals surface area contributed by atoms with Crippen LogP contribution >= 0.6 is 11.6 Å². The average Bonchev–Trinajstić information content (AvgIpc) is 3.06. The second-order valence-corrected chi connectivity index (χ2v) is 13.0. The molecule has 0 bridgehead atoms. The zero-order valence-corrected chi connectivity index (χ0v) is 28.3. The summed E-state index contributed by atoms with van der Waals surface area (Å²) in [6.45, 7) is 2.07. The maximum absolute atomic E-state index is 15.1. The quantitative estimate of drug-likeness (QED) is 0.104. The van der Waals surface area contributed by atoms with Gasteiger partial charge in [-0.05, 0) is 80.8 Å². The second-order valence-electron chi connectivity index (χ2n) is 12.5. The van der Waals surface area contributed by atoms with Crippen LogP contribution in [-0.4, -0.2) is 47.8 Å². The van der Waals surface area contributed by atoms with Gasteiger partial charge in [-0.1, -0.05) is 48.4 Å². The van der Waals surface area contributed by atoms with E-state index >= 15 is 4.39 Å². The van der Waals surface area contributed by atoms with E-state index in [1.165, 1.54) is 18.3 Å². The highest BCUT2D eigenvalue weighted by Crippen LogP contribution is 2.37. The first kappa shape index (κ1) is 38.5. The fourth-order valence-electron chi connectivity index (χ4n) is 6.07. The maximum Gasteiger partial charge on any atom is 0.461 e. The first-order valence-electron chi connectivity index (χ1n) is 16.5. The van der Waals surface area contributed by atoms with Crippen molar-refractivity contribution in [1.29, 1.82) is 0 Å². The molecule has 8 nitrogen and oxygen atoms in total. The van der Waals surface area contributed by atoms with E-state index < -0.39 is 35.7 Å². The first-order valence-corrected chi connectivity index (χ1v) is 16.8. The van der Waals surface area contributed by atoms with E-state index in [-0.39, 0.29) is 46.4 Å². The Balaban J connectivity index is 1.55. The molecule has 1 fully saturated rings. The summed E-state index contributed by atoms with van der Waals surface area (Å²) in [5.74, 6) is -2.10. The predicted octanol–water partition coefficient (Wildman–Crippen LogP) is 7.72. The number of unbranched alkanes of at least 4 members (excludes halogenated alkanes) is 2. The average molecular weight is 723 g/mol. The van der Waals surface area contributed by atoms with Gasteiger partial charge in [0.2, 0.25) is 5.91 Å². The predicted molar refractivity (Wildman–Crippen MR) is 178 cm³/mol. The largest absolute Gasteiger partial charge is 0.461 e. The summed E-state index contributed by atoms with van der Waals surface area (Å²) in [6, 6.07) is 13.2. The highest BCUT2D eigenvalue weighted by molar-refractivity contribution is 6.30. The molecule has 4 rings (SSSR count). The van der Waals surface area contributed by atoms with Crippen LogP contribution in [-0.2, 0) is 21.5 Å². The Morgan fingerprint density at radius 1 is 0.980 bits per heavy atom. The van der Waals surface area contributed by atoms with Crippen molar-refractivity contribution in [2.24, 2.45) is 5.92 Å². The summed E-state index contributed by atoms with van der Waals surface area (Å²) < 4.78 is 73.3. The van der Waals surface area contributed by atoms with Gasteiger partial charge in [0.05, 0.1) is 10.7 Å². The van der Waals surface area contributed by atoms with Crippen molar-refractivity contribution in [1.82, 2.24) is 20.9 Å². The molecule has 270 valence electrons. The number of rotatable bonds is 16. The van der Waals surface area contributed by atoms with Gasteiger partial charge >= 0.3 is 18.6 Å². The molecule has 2 aromatic carbocycles. The van der Waals surface area contributed by atoms with E-state index in [0.717, 1.165) is 31.4 Å². The molecule has 0 radical (unpaired) electrons. The van der Waals surface area contributed by atoms with E-state index in [2.05, 4.69) is 25.7 Å². The minimum Gasteiger partial charge on any atom is -0.428 e. The van der Waals surface area contributed by atoms with Crippen LogP contribution in [0.2, 0.25) is 5.02 Å². The van der Waals surface area contributed by atoms with Gasteiger partial charge in [0, 0.05) is 43.6 Å². The number of Topliss-reactive ketones (excluding diaryl/α,β-unsaturated/α-hetero) is 1. The van der Waals surface area contributed by atoms with E-state index in [4.69, 9.17) is 11.6 Å². The van der Waals surface area contributed by atoms with Gasteiger partial charge in [-0.25, -0.2) is 9.18 Å². The number of hydrogen-bond donors (Lipinski definition) is 3. The van der Waals surface area contributed by atoms with Crippen LogP contribution in [0, 0.1) is 11.7 Å². The van der Waals surface area contributed by atoms with Gasteiger partial charge in [0.15, 0.2) is 0 Å². The summed E-state index contributed by atoms with van der Waals surface area (Å²) in [4.78, 5) is 42.0. The lowest BCUT2D eigenvalue weighted by molar-refractivity contribution is -0.253. The number of amides is 3. The fraction of sp³-hybridized carbons (Fsp3) is 0.444. The molecule has 14 heteroatoms. The summed E-state index contributed by atoms with van der Waals surface area (Å²) in [7, 11) is 0. The Kier molecular flexibility index (Phi) is 13.6. The number of alkyl halides is 4. The molecule has 1 atom stereocenters. The SMILES string of the molecule is CC(=O)CCCCCNC(=O)[C@H]1CC[C@@H](NC(=O)N[C@@](Cc2ccccc2)(c2cc(F)cc(OC(F)(F)C(F)F)c2)c2ccc(Cl)cn2)CC1. The minimum atomic E-state index is -4.91. The summed E-state index contributed by atoms with van der Waals surface area (Å²) in [5, 5.41) is 9.01. The third-order valence-electron chi connectivity index (χ3n) is 8.61. The van der Waals surface area contributed by atoms with Gasteiger partial charge < -0.3 is 25.5 Å². The van der Waals surface area contributed by atoms with Crippen LogP contribution in [0.15, 0.2) is 66.9 Å². The number of aromatic nitrogens is 1. The number of ketones is 1. The molecule has 0 unspecified atom stereocenters. The van der Waals surface area contributed by atoms with Crippen LogP contribution in [0.25, 0.3) is 0 Å². The van der Waals surface area contributed by atoms with Gasteiger partial charge in [-0.2, -0.15) is 17.6 Å². The highest BCUT2D eigenvalue weighted by atomic mass is 35.5. The Morgan fingerprint density at radius 3 is 2.34 bits per heavy atom. The summed E-state index contributed by atoms with van der Waals surface area (Å²) in [6.07, 6.45) is -2.89. The maximum atomic E-state index is 15.1. The Hall–Kier alpha value is -4.26. The molecule has 1 heterocycles. The highest BCUT2D eigenvalue weighted by Gasteiger charge is 2.45. The van der Waals surface area contributed by atoms with Crippen molar-refractivity contribution < 1.29 is 41.1 Å². The van der Waals surface area contributed by atoms with Crippen LogP contribution in [0.3, 0.4) is 0 Å². The first-order chi connectivity index (χ1) is 23.8. The topological polar surface area (TPSA) is 109 Å². The Labute approximate surface area is 292 Å². The molecule has 0 aliphatic heterocycles. The molecule has 3 amide bonds. The molecular formula is C36H40ClF5N4O4. The third kappa shape index (κ3) is 10.9. The molecule has 1 saturated carbocycles. The lowest BCUT2D eigenvalue weighted by Gasteiger charge is -2.37. The monoisotopic (exact) mass is 722 g/mol. The third-order valence-corrected chi connectivity index (χ3v) is 8.84. The summed E-state index contributed by atoms with van der Waals surface area (Å²) >= 11 is 6.11. The number of carbonyl (C=O) groups is 3. The molecule has 0 saturated heterocycles. The van der Waals surface area contributed by atoms with Gasteiger partial charge in [0.25, 0.3) is 0 Å². The zero-order valence-electron chi connectivity index (χ0n) is 27.5. The van der Waals surface area contributed by atoms with Gasteiger partial charge in [-0.3, -0.25) is 9.78 Å². The second kappa shape index (κ2) is 17.6. The standard InChI is InChI=1S/C36H40ClF5N4O4/c1-23(47)8-4-3-7-17-43-32(48)25-11-14-29(15-12-25)45-34(49)46-35(21-24-9-5-2-6-10-24,31-16-13-27(37)22-44-31)26-18-28(38)20-30(19-26)50-36(41,42)33(39)40/h2,5-6,9-10,13,16,18-20,22,25,29,33H,3-4,7-8,11-12,14-15,17,21H2,1H3,(H,43,48)(H2,45,46,49)/t25-,29+,35-/m0/s1. The van der Waals surface area contributed by atoms with E-state index in [1.54, 1.807) is 37.3 Å². The lowest BCUT2D eigenvalue weighted by Crippen LogP contribution is -2.55. The molecule has 0 spiro atoms. The number of pyridine rings is 1. The number of halogens is 6. The number of urea groups is 1. The van der Waals surface area contributed by atoms with E-state index in [9.17, 15) is 31.9 Å². The molecule has 1 aliphatic rings. The number of carbonyl (C=O) groups excluding carboxylic acids is 3. The van der Waals surface area contributed by atoms with Crippen molar-refractivity contribution in [3.63, 3.8) is 0 Å². The lowest BCUT2D eigenvalue weighted by atomic mass is 9.80. The Bertz CT molecular complexity index is 1590. The van der Waals surface area contributed by atoms with Crippen molar-refractivity contribution >= 4 is 29.3 Å². The molecule has 50 heavy (non-hydrogen) atoms. The number of nitrogens with zero attached hydrogens (tertiary/aromatic N) is 1. The molecular weight excluding hydrogens is 683 g/mol. The number of nitrogens with one attached hydrogen (secondary N) is 3. The van der Waals surface area contributed by atoms with Gasteiger partial charge in [0.1, 0.15) is 22.9 Å². The fourth-order valence-corrected chi connectivity index (χ4v) is 6.18. The van der Waals surface area contributed by atoms with Crippen molar-refractivity contribution in [3.05, 3.63) is 94.5 Å². The van der Waals surface area contributed by atoms with Crippen LogP contribution in [0.4, 0.5) is 26.7 Å². The summed E-state index contributed by atoms with van der Waals surface area (Å²) in [5.41, 5.74) is -1.05. The molecule has 1 aliphatic carbocycles.